The minimum absolute atomic E-state index is 0.0490. The molecule has 3 rings (SSSR count). The molecule has 31 heavy (non-hydrogen) atoms. The molecule has 0 heterocycles. The predicted octanol–water partition coefficient (Wildman–Crippen LogP) is 4.25. The lowest BCUT2D eigenvalue weighted by atomic mass is 9.95. The summed E-state index contributed by atoms with van der Waals surface area (Å²) in [5, 5.41) is 12.5. The van der Waals surface area contributed by atoms with E-state index in [0.717, 1.165) is 19.3 Å². The topological polar surface area (TPSA) is 47.9 Å². The summed E-state index contributed by atoms with van der Waals surface area (Å²) in [6.07, 6.45) is 3.67. The molecule has 1 N–H and O–H groups in total. The molecule has 4 nitrogen and oxygen atoms in total. The van der Waals surface area contributed by atoms with Crippen LogP contribution in [0.3, 0.4) is 0 Å². The van der Waals surface area contributed by atoms with Crippen LogP contribution in [-0.4, -0.2) is 45.6 Å². The first kappa shape index (κ1) is 24.1. The average Bonchev–Trinajstić information content (AvgIpc) is 2.76. The Balaban J connectivity index is 1.79. The molecule has 0 spiro atoms. The molecule has 2 aromatic rings. The fourth-order valence-corrected chi connectivity index (χ4v) is 9.35. The number of hydrogen-bond donors (Lipinski definition) is 1. The first-order valence-corrected chi connectivity index (χ1v) is 13.4. The van der Waals surface area contributed by atoms with Crippen LogP contribution in [-0.2, 0) is 13.9 Å². The molecule has 1 fully saturated rings. The third kappa shape index (κ3) is 5.85. The second-order valence-corrected chi connectivity index (χ2v) is 13.8. The summed E-state index contributed by atoms with van der Waals surface area (Å²) in [5.41, 5.74) is 0. The van der Waals surface area contributed by atoms with Crippen LogP contribution < -0.4 is 10.4 Å². The monoisotopic (exact) mass is 442 g/mol. The van der Waals surface area contributed by atoms with Crippen LogP contribution in [0, 0.1) is 0 Å². The predicted molar refractivity (Wildman–Crippen MR) is 128 cm³/mol. The number of rotatable bonds is 9. The van der Waals surface area contributed by atoms with Crippen LogP contribution in [0.2, 0.25) is 5.04 Å². The zero-order valence-corrected chi connectivity index (χ0v) is 20.4. The molecule has 1 unspecified atom stereocenters. The van der Waals surface area contributed by atoms with Gasteiger partial charge >= 0.3 is 0 Å². The summed E-state index contributed by atoms with van der Waals surface area (Å²) in [6, 6.07) is 21.4. The van der Waals surface area contributed by atoms with E-state index in [-0.39, 0.29) is 23.5 Å². The fourth-order valence-electron chi connectivity index (χ4n) is 4.77. The normalized spacial score (nSPS) is 21.1. The molecule has 0 saturated heterocycles. The van der Waals surface area contributed by atoms with E-state index < -0.39 is 8.32 Å². The van der Waals surface area contributed by atoms with E-state index in [4.69, 9.17) is 13.9 Å². The Kier molecular flexibility index (Phi) is 8.48. The van der Waals surface area contributed by atoms with Gasteiger partial charge in [-0.1, -0.05) is 81.4 Å². The lowest BCUT2D eigenvalue weighted by molar-refractivity contribution is -0.174. The summed E-state index contributed by atoms with van der Waals surface area (Å²) in [7, 11) is -0.856. The Hall–Kier alpha value is -1.50. The molecule has 5 heteroatoms. The minimum Gasteiger partial charge on any atom is -0.407 e. The summed E-state index contributed by atoms with van der Waals surface area (Å²) >= 11 is 0. The summed E-state index contributed by atoms with van der Waals surface area (Å²) < 4.78 is 18.7. The van der Waals surface area contributed by atoms with Crippen molar-refractivity contribution in [2.75, 3.05) is 13.7 Å². The van der Waals surface area contributed by atoms with Crippen molar-refractivity contribution in [3.63, 3.8) is 0 Å². The van der Waals surface area contributed by atoms with E-state index in [2.05, 4.69) is 81.4 Å². The Morgan fingerprint density at radius 2 is 1.55 bits per heavy atom. The fraction of sp³-hybridized carbons (Fsp3) is 0.538. The molecule has 0 radical (unpaired) electrons. The lowest BCUT2D eigenvalue weighted by Crippen LogP contribution is -2.66. The third-order valence-corrected chi connectivity index (χ3v) is 11.3. The Labute approximate surface area is 188 Å². The van der Waals surface area contributed by atoms with Crippen molar-refractivity contribution in [3.05, 3.63) is 60.7 Å². The van der Waals surface area contributed by atoms with E-state index in [0.29, 0.717) is 19.4 Å². The number of hydrogen-bond acceptors (Lipinski definition) is 4. The number of benzene rings is 2. The molecule has 3 atom stereocenters. The molecule has 1 aliphatic carbocycles. The van der Waals surface area contributed by atoms with Gasteiger partial charge in [0.2, 0.25) is 0 Å². The van der Waals surface area contributed by atoms with Gasteiger partial charge in [-0.3, -0.25) is 0 Å². The lowest BCUT2D eigenvalue weighted by Gasteiger charge is -2.43. The van der Waals surface area contributed by atoms with Gasteiger partial charge in [0.15, 0.2) is 6.29 Å². The van der Waals surface area contributed by atoms with Crippen molar-refractivity contribution in [3.8, 4) is 0 Å². The highest BCUT2D eigenvalue weighted by atomic mass is 28.4. The zero-order valence-electron chi connectivity index (χ0n) is 19.4. The van der Waals surface area contributed by atoms with Crippen LogP contribution in [0.1, 0.15) is 52.9 Å². The van der Waals surface area contributed by atoms with Gasteiger partial charge in [-0.15, -0.1) is 0 Å². The van der Waals surface area contributed by atoms with Gasteiger partial charge in [0.25, 0.3) is 8.32 Å². The smallest absolute Gasteiger partial charge is 0.261 e. The molecule has 170 valence electrons. The SMILES string of the molecule is COC(CCO[Si](c1ccccc1)(c1ccccc1)C(C)(C)C)O[C@H]1CCC[C@@H](O)C1. The molecule has 0 aromatic heterocycles. The van der Waals surface area contributed by atoms with Crippen LogP contribution in [0.15, 0.2) is 60.7 Å². The van der Waals surface area contributed by atoms with E-state index in [1.165, 1.54) is 10.4 Å². The summed E-state index contributed by atoms with van der Waals surface area (Å²) in [4.78, 5) is 0. The first-order chi connectivity index (χ1) is 14.9. The molecule has 1 saturated carbocycles. The van der Waals surface area contributed by atoms with Crippen molar-refractivity contribution in [1.82, 2.24) is 0 Å². The van der Waals surface area contributed by atoms with Crippen molar-refractivity contribution in [1.29, 1.82) is 0 Å². The molecule has 1 aliphatic rings. The maximum absolute atomic E-state index is 9.95. The molecule has 0 aliphatic heterocycles. The highest BCUT2D eigenvalue weighted by molar-refractivity contribution is 6.99. The standard InChI is InChI=1S/C26H38O4Si/c1-26(2,3)31(23-14-7-5-8-15-23,24-16-9-6-10-17-24)29-19-18-25(28-4)30-22-13-11-12-21(27)20-22/h5-10,14-17,21-22,25,27H,11-13,18-20H2,1-4H3/t21-,22+,25?/m1/s1. The van der Waals surface area contributed by atoms with Gasteiger partial charge in [-0.25, -0.2) is 0 Å². The summed E-state index contributed by atoms with van der Waals surface area (Å²) in [5.74, 6) is 0. The van der Waals surface area contributed by atoms with E-state index in [1.54, 1.807) is 7.11 Å². The highest BCUT2D eigenvalue weighted by Crippen LogP contribution is 2.37. The highest BCUT2D eigenvalue weighted by Gasteiger charge is 2.50. The molecular formula is C26H38O4Si. The quantitative estimate of drug-likeness (QED) is 0.466. The maximum atomic E-state index is 9.95. The van der Waals surface area contributed by atoms with Crippen molar-refractivity contribution in [2.45, 2.75) is 76.4 Å². The van der Waals surface area contributed by atoms with Crippen molar-refractivity contribution >= 4 is 18.7 Å². The van der Waals surface area contributed by atoms with Gasteiger partial charge in [0.1, 0.15) is 0 Å². The maximum Gasteiger partial charge on any atom is 0.261 e. The second kappa shape index (κ2) is 10.9. The molecule has 2 aromatic carbocycles. The first-order valence-electron chi connectivity index (χ1n) is 11.5. The Morgan fingerprint density at radius 3 is 2.03 bits per heavy atom. The van der Waals surface area contributed by atoms with Gasteiger partial charge < -0.3 is 19.0 Å². The third-order valence-electron chi connectivity index (χ3n) is 6.29. The summed E-state index contributed by atoms with van der Waals surface area (Å²) in [6.45, 7) is 7.41. The number of aliphatic hydroxyl groups is 1. The second-order valence-electron chi connectivity index (χ2n) is 9.54. The van der Waals surface area contributed by atoms with Crippen molar-refractivity contribution < 1.29 is 19.0 Å². The number of ether oxygens (including phenoxy) is 2. The average molecular weight is 443 g/mol. The van der Waals surface area contributed by atoms with Crippen LogP contribution >= 0.6 is 0 Å². The van der Waals surface area contributed by atoms with Gasteiger partial charge in [0.05, 0.1) is 12.2 Å². The van der Waals surface area contributed by atoms with E-state index in [1.807, 2.05) is 0 Å². The molecule has 0 amide bonds. The van der Waals surface area contributed by atoms with Crippen LogP contribution in [0.25, 0.3) is 0 Å². The molecular weight excluding hydrogens is 404 g/mol. The van der Waals surface area contributed by atoms with Gasteiger partial charge in [-0.2, -0.15) is 0 Å². The van der Waals surface area contributed by atoms with Crippen LogP contribution in [0.4, 0.5) is 0 Å². The Bertz CT molecular complexity index is 735. The van der Waals surface area contributed by atoms with Crippen LogP contribution in [0.5, 0.6) is 0 Å². The Morgan fingerprint density at radius 1 is 0.968 bits per heavy atom. The largest absolute Gasteiger partial charge is 0.407 e. The van der Waals surface area contributed by atoms with Gasteiger partial charge in [-0.05, 0) is 41.1 Å². The van der Waals surface area contributed by atoms with E-state index >= 15 is 0 Å². The minimum atomic E-state index is -2.54. The zero-order chi connectivity index (χ0) is 22.3. The van der Waals surface area contributed by atoms with Crippen molar-refractivity contribution in [2.24, 2.45) is 0 Å². The number of methoxy groups -OCH3 is 1. The molecule has 0 bridgehead atoms. The van der Waals surface area contributed by atoms with Gasteiger partial charge in [0, 0.05) is 20.1 Å². The van der Waals surface area contributed by atoms with E-state index in [9.17, 15) is 5.11 Å². The number of aliphatic hydroxyl groups excluding tert-OH is 1.